The van der Waals surface area contributed by atoms with Crippen molar-refractivity contribution in [2.45, 2.75) is 156 Å². The Hall–Kier alpha value is -6.44. The highest BCUT2D eigenvalue weighted by molar-refractivity contribution is 9.10. The van der Waals surface area contributed by atoms with E-state index in [0.717, 1.165) is 62.0 Å². The van der Waals surface area contributed by atoms with E-state index in [1.807, 2.05) is 107 Å². The van der Waals surface area contributed by atoms with Crippen molar-refractivity contribution in [3.63, 3.8) is 0 Å². The second-order valence-electron chi connectivity index (χ2n) is 24.7. The maximum atomic E-state index is 12.1. The molecule has 4 aromatic heterocycles. The van der Waals surface area contributed by atoms with E-state index in [1.54, 1.807) is 27.7 Å². The Morgan fingerprint density at radius 3 is 1.58 bits per heavy atom. The van der Waals surface area contributed by atoms with Crippen LogP contribution in [0.1, 0.15) is 139 Å². The van der Waals surface area contributed by atoms with Gasteiger partial charge in [-0.15, -0.1) is 0 Å². The van der Waals surface area contributed by atoms with E-state index < -0.39 is 18.3 Å². The third-order valence-corrected chi connectivity index (χ3v) is 17.4. The molecule has 0 amide bonds. The molecule has 84 heavy (non-hydrogen) atoms. The standard InChI is InChI=1S/C30H34N2O5.C25H30BNO5.C11H16BrNO2/c1-5-35-29(33)28-23-14-21-15-26(31-16-24(21)27(23)28)37-17-19-7-6-8-20(13-19)22-9-10-25(32-18(22)2)36-12-11-30(3,4)34;1-6-29-23(28)22-18-11-16-12-20(27-13-19(16)21(18)22)30-14-15-8-7-9-17(10-15)26-31-24(2,3)25(4,5)32-26;1-8-9(12)4-5-10(13-8)15-7-6-11(2,3)14/h6-10,13,15-16,23,27-28,34H,5,11-12,14,17H2,1-4H3;7-10,12-13,18,21-22H,6,11,14H2,1-5H3;4-5,14H,6-7H2,1-3H3/t23-,27-,28+;18?,21?,22-;/m10./s1. The van der Waals surface area contributed by atoms with Gasteiger partial charge >= 0.3 is 19.1 Å². The van der Waals surface area contributed by atoms with Crippen LogP contribution in [0.25, 0.3) is 11.1 Å². The lowest BCUT2D eigenvalue weighted by molar-refractivity contribution is -0.146. The van der Waals surface area contributed by atoms with Crippen LogP contribution in [-0.4, -0.2) is 98.0 Å². The van der Waals surface area contributed by atoms with Gasteiger partial charge in [-0.05, 0) is 186 Å². The molecule has 3 fully saturated rings. The SMILES string of the molecule is CCOC(=O)[C@H]1C2Cc3cc(OCc4cccc(B5OC(C)(C)C(C)(C)O5)c4)ncc3C21.CCOC(=O)[C@H]1[C@@H]2Cc3cc(OCc4cccc(-c5ccc(OCCC(C)(C)O)nc5C)c4)ncc3[C@@H]21.Cc1nc(OCCC(C)(C)O)ccc1Br. The largest absolute Gasteiger partial charge is 0.494 e. The minimum absolute atomic E-state index is 0.00461. The number of hydrogen-bond acceptors (Lipinski definition) is 16. The zero-order valence-corrected chi connectivity index (χ0v) is 52.1. The summed E-state index contributed by atoms with van der Waals surface area (Å²) in [6, 6.07) is 27.9. The Morgan fingerprint density at radius 2 is 1.11 bits per heavy atom. The van der Waals surface area contributed by atoms with Crippen LogP contribution < -0.4 is 24.4 Å². The first kappa shape index (κ1) is 62.1. The maximum absolute atomic E-state index is 12.1. The fraction of sp³-hybridized carbons (Fsp3) is 0.485. The molecule has 18 heteroatoms. The lowest BCUT2D eigenvalue weighted by Crippen LogP contribution is -2.41. The summed E-state index contributed by atoms with van der Waals surface area (Å²) >= 11 is 3.37. The summed E-state index contributed by atoms with van der Waals surface area (Å²) < 4.78 is 46.9. The lowest BCUT2D eigenvalue weighted by atomic mass is 9.78. The molecule has 5 heterocycles. The van der Waals surface area contributed by atoms with Crippen LogP contribution in [0.3, 0.4) is 0 Å². The molecule has 0 spiro atoms. The van der Waals surface area contributed by atoms with Crippen molar-refractivity contribution in [1.29, 1.82) is 0 Å². The highest BCUT2D eigenvalue weighted by atomic mass is 79.9. The molecule has 11 rings (SSSR count). The monoisotopic (exact) mass is 1210 g/mol. The zero-order valence-electron chi connectivity index (χ0n) is 50.5. The molecule has 1 saturated heterocycles. The Kier molecular flexibility index (Phi) is 19.0. The normalized spacial score (nSPS) is 20.8. The fourth-order valence-corrected chi connectivity index (χ4v) is 11.3. The fourth-order valence-electron chi connectivity index (χ4n) is 11.1. The molecule has 5 aliphatic rings. The third-order valence-electron chi connectivity index (χ3n) is 16.6. The van der Waals surface area contributed by atoms with Crippen molar-refractivity contribution in [2.24, 2.45) is 23.7 Å². The van der Waals surface area contributed by atoms with Crippen LogP contribution in [-0.2, 0) is 54.4 Å². The van der Waals surface area contributed by atoms with Gasteiger partial charge in [0.15, 0.2) is 0 Å². The second-order valence-corrected chi connectivity index (χ2v) is 25.6. The molecule has 6 aromatic rings. The molecule has 2 saturated carbocycles. The first-order chi connectivity index (χ1) is 39.8. The van der Waals surface area contributed by atoms with Gasteiger partial charge in [-0.2, -0.15) is 0 Å². The second kappa shape index (κ2) is 25.6. The van der Waals surface area contributed by atoms with Crippen molar-refractivity contribution < 1.29 is 57.5 Å². The number of ether oxygens (including phenoxy) is 6. The number of benzene rings is 2. The number of halogens is 1. The molecule has 1 aliphatic heterocycles. The van der Waals surface area contributed by atoms with Crippen molar-refractivity contribution in [2.75, 3.05) is 26.4 Å². The number of rotatable bonds is 20. The van der Waals surface area contributed by atoms with Gasteiger partial charge in [0, 0.05) is 77.1 Å². The van der Waals surface area contributed by atoms with Gasteiger partial charge in [-0.3, -0.25) is 9.59 Å². The van der Waals surface area contributed by atoms with E-state index in [9.17, 15) is 19.8 Å². The number of pyridine rings is 4. The van der Waals surface area contributed by atoms with Crippen molar-refractivity contribution in [3.05, 3.63) is 147 Å². The van der Waals surface area contributed by atoms with Gasteiger partial charge in [-0.1, -0.05) is 42.5 Å². The number of hydrogen-bond donors (Lipinski definition) is 2. The predicted molar refractivity (Wildman–Crippen MR) is 323 cm³/mol. The smallest absolute Gasteiger partial charge is 0.478 e. The molecule has 446 valence electrons. The van der Waals surface area contributed by atoms with E-state index >= 15 is 0 Å². The summed E-state index contributed by atoms with van der Waals surface area (Å²) in [5.41, 5.74) is 9.50. The average molecular weight is 1210 g/mol. The Morgan fingerprint density at radius 1 is 0.631 bits per heavy atom. The predicted octanol–water partition coefficient (Wildman–Crippen LogP) is 11.1. The zero-order chi connectivity index (χ0) is 60.3. The van der Waals surface area contributed by atoms with Crippen LogP contribution in [0, 0.1) is 37.5 Å². The maximum Gasteiger partial charge on any atom is 0.494 e. The van der Waals surface area contributed by atoms with Crippen LogP contribution >= 0.6 is 15.9 Å². The average Bonchev–Trinajstić information content (AvgIpc) is 1.67. The Bertz CT molecular complexity index is 3310. The van der Waals surface area contributed by atoms with Crippen molar-refractivity contribution in [3.8, 4) is 34.6 Å². The number of nitrogens with zero attached hydrogens (tertiary/aromatic N) is 4. The minimum atomic E-state index is -0.764. The quantitative estimate of drug-likeness (QED) is 0.0540. The van der Waals surface area contributed by atoms with Crippen LogP contribution in [0.2, 0.25) is 0 Å². The van der Waals surface area contributed by atoms with Gasteiger partial charge in [-0.25, -0.2) is 19.9 Å². The summed E-state index contributed by atoms with van der Waals surface area (Å²) in [6.45, 7) is 25.4. The van der Waals surface area contributed by atoms with Crippen LogP contribution in [0.4, 0.5) is 0 Å². The summed E-state index contributed by atoms with van der Waals surface area (Å²) in [7, 11) is -0.392. The van der Waals surface area contributed by atoms with E-state index in [0.29, 0.717) is 87.8 Å². The van der Waals surface area contributed by atoms with Crippen molar-refractivity contribution >= 4 is 40.4 Å². The molecular weight excluding hydrogens is 1130 g/mol. The van der Waals surface area contributed by atoms with Gasteiger partial charge in [0.05, 0.1) is 66.4 Å². The topological polar surface area (TPSA) is 200 Å². The van der Waals surface area contributed by atoms with Gasteiger partial charge in [0.1, 0.15) is 13.2 Å². The van der Waals surface area contributed by atoms with Crippen molar-refractivity contribution in [1.82, 2.24) is 19.9 Å². The summed E-state index contributed by atoms with van der Waals surface area (Å²) in [5, 5.41) is 19.3. The summed E-state index contributed by atoms with van der Waals surface area (Å²) in [6.07, 6.45) is 6.62. The first-order valence-corrected chi connectivity index (χ1v) is 30.0. The number of aromatic nitrogens is 4. The number of aliphatic hydroxyl groups is 2. The Labute approximate surface area is 503 Å². The molecule has 6 atom stereocenters. The van der Waals surface area contributed by atoms with E-state index in [4.69, 9.17) is 37.7 Å². The third kappa shape index (κ3) is 15.1. The number of fused-ring (bicyclic) bond motifs is 6. The number of carbonyl (C=O) groups excluding carboxylic acids is 2. The summed E-state index contributed by atoms with van der Waals surface area (Å²) in [5.74, 6) is 3.43. The van der Waals surface area contributed by atoms with E-state index in [2.05, 4.69) is 81.8 Å². The molecule has 16 nitrogen and oxygen atoms in total. The number of carbonyl (C=O) groups is 2. The van der Waals surface area contributed by atoms with Crippen LogP contribution in [0.5, 0.6) is 23.5 Å². The molecular formula is C66H80BBrN4O12. The Balaban J connectivity index is 0.000000164. The molecule has 2 N–H and O–H groups in total. The first-order valence-electron chi connectivity index (χ1n) is 29.2. The molecule has 2 aromatic carbocycles. The molecule has 0 radical (unpaired) electrons. The van der Waals surface area contributed by atoms with Crippen LogP contribution in [0.15, 0.2) is 102 Å². The van der Waals surface area contributed by atoms with E-state index in [-0.39, 0.29) is 46.8 Å². The van der Waals surface area contributed by atoms with E-state index in [1.165, 1.54) is 16.7 Å². The number of esters is 2. The molecule has 4 aliphatic carbocycles. The number of aryl methyl sites for hydroxylation is 2. The highest BCUT2D eigenvalue weighted by Crippen LogP contribution is 2.63. The minimum Gasteiger partial charge on any atom is -0.478 e. The lowest BCUT2D eigenvalue weighted by Gasteiger charge is -2.32. The highest BCUT2D eigenvalue weighted by Gasteiger charge is 2.61. The summed E-state index contributed by atoms with van der Waals surface area (Å²) in [4.78, 5) is 42.0. The van der Waals surface area contributed by atoms with Gasteiger partial charge in [0.2, 0.25) is 23.5 Å². The van der Waals surface area contributed by atoms with Gasteiger partial charge < -0.3 is 47.9 Å². The molecule has 2 unspecified atom stereocenters. The molecule has 0 bridgehead atoms. The van der Waals surface area contributed by atoms with Gasteiger partial charge in [0.25, 0.3) is 0 Å².